The first-order valence-electron chi connectivity index (χ1n) is 8.73. The highest BCUT2D eigenvalue weighted by Crippen LogP contribution is 2.29. The van der Waals surface area contributed by atoms with E-state index in [0.29, 0.717) is 24.8 Å². The van der Waals surface area contributed by atoms with Gasteiger partial charge in [0, 0.05) is 13.1 Å². The normalized spacial score (nSPS) is 17.4. The lowest BCUT2D eigenvalue weighted by Crippen LogP contribution is -2.44. The number of ether oxygens (including phenoxy) is 1. The second kappa shape index (κ2) is 8.00. The number of nitrogens with zero attached hydrogens (tertiary/aromatic N) is 3. The zero-order chi connectivity index (χ0) is 17.6. The molecule has 2 aromatic rings. The van der Waals surface area contributed by atoms with Crippen molar-refractivity contribution >= 4 is 6.03 Å². The summed E-state index contributed by atoms with van der Waals surface area (Å²) in [6.07, 6.45) is 2.88. The number of carbonyl (C=O) groups excluding carboxylic acids is 1. The molecule has 0 unspecified atom stereocenters. The van der Waals surface area contributed by atoms with E-state index in [-0.39, 0.29) is 18.7 Å². The second-order valence-corrected chi connectivity index (χ2v) is 6.19. The van der Waals surface area contributed by atoms with E-state index in [0.717, 1.165) is 25.0 Å². The van der Waals surface area contributed by atoms with Crippen molar-refractivity contribution in [3.05, 3.63) is 41.5 Å². The molecule has 1 atom stereocenters. The summed E-state index contributed by atoms with van der Waals surface area (Å²) in [4.78, 5) is 18.5. The molecule has 0 radical (unpaired) electrons. The van der Waals surface area contributed by atoms with Gasteiger partial charge in [-0.05, 0) is 45.2 Å². The molecule has 2 heterocycles. The summed E-state index contributed by atoms with van der Waals surface area (Å²) < 4.78 is 11.0. The molecule has 1 N–H and O–H groups in total. The number of amides is 2. The Kier molecular flexibility index (Phi) is 5.53. The van der Waals surface area contributed by atoms with Gasteiger partial charge in [-0.15, -0.1) is 0 Å². The van der Waals surface area contributed by atoms with Crippen LogP contribution in [0.3, 0.4) is 0 Å². The number of urea groups is 1. The molecule has 1 aliphatic rings. The lowest BCUT2D eigenvalue weighted by molar-refractivity contribution is 0.146. The Bertz CT molecular complexity index is 699. The molecule has 7 nitrogen and oxygen atoms in total. The molecule has 1 saturated heterocycles. The van der Waals surface area contributed by atoms with Crippen LogP contribution in [0.5, 0.6) is 5.75 Å². The van der Waals surface area contributed by atoms with Crippen LogP contribution >= 0.6 is 0 Å². The number of carbonyl (C=O) groups is 1. The summed E-state index contributed by atoms with van der Waals surface area (Å²) in [7, 11) is 0. The van der Waals surface area contributed by atoms with Crippen molar-refractivity contribution in [2.75, 3.05) is 13.1 Å². The third-order valence-corrected chi connectivity index (χ3v) is 4.26. The van der Waals surface area contributed by atoms with Crippen LogP contribution in [0.2, 0.25) is 0 Å². The summed E-state index contributed by atoms with van der Waals surface area (Å²) in [6, 6.07) is 7.57. The van der Waals surface area contributed by atoms with Gasteiger partial charge < -0.3 is 19.5 Å². The van der Waals surface area contributed by atoms with Crippen LogP contribution in [0.4, 0.5) is 4.79 Å². The Labute approximate surface area is 147 Å². The van der Waals surface area contributed by atoms with Crippen molar-refractivity contribution in [1.82, 2.24) is 20.4 Å². The number of aromatic nitrogens is 2. The highest BCUT2D eigenvalue weighted by molar-refractivity contribution is 5.74. The van der Waals surface area contributed by atoms with Gasteiger partial charge in [-0.1, -0.05) is 22.9 Å². The zero-order valence-corrected chi connectivity index (χ0v) is 14.7. The van der Waals surface area contributed by atoms with Crippen LogP contribution in [-0.2, 0) is 6.61 Å². The smallest absolute Gasteiger partial charge is 0.318 e. The molecule has 7 heteroatoms. The molecule has 134 valence electrons. The lowest BCUT2D eigenvalue weighted by atomic mass is 10.0. The molecular formula is C18H24N4O3. The van der Waals surface area contributed by atoms with Gasteiger partial charge in [-0.3, -0.25) is 0 Å². The first kappa shape index (κ1) is 17.3. The number of benzene rings is 1. The molecule has 3 rings (SSSR count). The quantitative estimate of drug-likeness (QED) is 0.901. The van der Waals surface area contributed by atoms with Crippen LogP contribution in [0.1, 0.15) is 49.5 Å². The molecular weight excluding hydrogens is 320 g/mol. The maximum Gasteiger partial charge on any atom is 0.318 e. The topological polar surface area (TPSA) is 80.5 Å². The molecule has 0 bridgehead atoms. The molecule has 1 fully saturated rings. The van der Waals surface area contributed by atoms with E-state index >= 15 is 0 Å². The maximum atomic E-state index is 12.2. The van der Waals surface area contributed by atoms with E-state index in [4.69, 9.17) is 9.26 Å². The Balaban J connectivity index is 1.64. The summed E-state index contributed by atoms with van der Waals surface area (Å²) in [5, 5.41) is 6.92. The van der Waals surface area contributed by atoms with E-state index in [9.17, 15) is 4.79 Å². The largest absolute Gasteiger partial charge is 0.484 e. The predicted molar refractivity (Wildman–Crippen MR) is 92.2 cm³/mol. The van der Waals surface area contributed by atoms with E-state index < -0.39 is 0 Å². The third-order valence-electron chi connectivity index (χ3n) is 4.26. The van der Waals surface area contributed by atoms with Gasteiger partial charge in [0.15, 0.2) is 12.4 Å². The van der Waals surface area contributed by atoms with Gasteiger partial charge >= 0.3 is 6.03 Å². The Morgan fingerprint density at radius 2 is 2.16 bits per heavy atom. The van der Waals surface area contributed by atoms with Crippen molar-refractivity contribution < 1.29 is 14.1 Å². The Hall–Kier alpha value is -2.57. The minimum atomic E-state index is -0.142. The summed E-state index contributed by atoms with van der Waals surface area (Å²) in [5.74, 6) is 1.72. The number of piperidine rings is 1. The first-order valence-corrected chi connectivity index (χ1v) is 8.73. The van der Waals surface area contributed by atoms with E-state index in [1.54, 1.807) is 4.90 Å². The summed E-state index contributed by atoms with van der Waals surface area (Å²) in [6.45, 7) is 5.46. The van der Waals surface area contributed by atoms with Crippen molar-refractivity contribution in [3.8, 4) is 5.75 Å². The highest BCUT2D eigenvalue weighted by Gasteiger charge is 2.31. The molecule has 0 spiro atoms. The van der Waals surface area contributed by atoms with Crippen LogP contribution in [0.25, 0.3) is 0 Å². The summed E-state index contributed by atoms with van der Waals surface area (Å²) in [5.41, 5.74) is 1.18. The van der Waals surface area contributed by atoms with E-state index in [2.05, 4.69) is 15.5 Å². The van der Waals surface area contributed by atoms with Crippen molar-refractivity contribution in [3.63, 3.8) is 0 Å². The van der Waals surface area contributed by atoms with Crippen LogP contribution in [0, 0.1) is 6.92 Å². The van der Waals surface area contributed by atoms with Crippen molar-refractivity contribution in [1.29, 1.82) is 0 Å². The number of hydrogen-bond acceptors (Lipinski definition) is 5. The third kappa shape index (κ3) is 4.29. The van der Waals surface area contributed by atoms with Crippen molar-refractivity contribution in [2.45, 2.75) is 45.8 Å². The second-order valence-electron chi connectivity index (χ2n) is 6.19. The minimum Gasteiger partial charge on any atom is -0.484 e. The number of aryl methyl sites for hydroxylation is 1. The molecule has 1 aromatic heterocycles. The van der Waals surface area contributed by atoms with E-state index in [1.165, 1.54) is 5.56 Å². The molecule has 1 aromatic carbocycles. The number of nitrogens with one attached hydrogen (secondary N) is 1. The molecule has 0 aliphatic carbocycles. The molecule has 25 heavy (non-hydrogen) atoms. The Morgan fingerprint density at radius 1 is 1.36 bits per heavy atom. The van der Waals surface area contributed by atoms with Gasteiger partial charge in [0.1, 0.15) is 5.75 Å². The minimum absolute atomic E-state index is 0.0746. The van der Waals surface area contributed by atoms with Gasteiger partial charge in [0.25, 0.3) is 5.89 Å². The van der Waals surface area contributed by atoms with Gasteiger partial charge in [0.2, 0.25) is 0 Å². The van der Waals surface area contributed by atoms with Crippen molar-refractivity contribution in [2.24, 2.45) is 0 Å². The monoisotopic (exact) mass is 344 g/mol. The summed E-state index contributed by atoms with van der Waals surface area (Å²) >= 11 is 0. The number of likely N-dealkylation sites (tertiary alicyclic amines) is 1. The van der Waals surface area contributed by atoms with E-state index in [1.807, 2.05) is 38.1 Å². The van der Waals surface area contributed by atoms with Gasteiger partial charge in [-0.2, -0.15) is 4.98 Å². The highest BCUT2D eigenvalue weighted by atomic mass is 16.5. The van der Waals surface area contributed by atoms with Crippen LogP contribution < -0.4 is 10.1 Å². The number of rotatable bonds is 5. The fourth-order valence-corrected chi connectivity index (χ4v) is 2.94. The predicted octanol–water partition coefficient (Wildman–Crippen LogP) is 3.21. The average Bonchev–Trinajstić information content (AvgIpc) is 3.10. The first-order chi connectivity index (χ1) is 12.2. The lowest BCUT2D eigenvalue weighted by Gasteiger charge is -2.33. The fourth-order valence-electron chi connectivity index (χ4n) is 2.94. The fraction of sp³-hybridized carbons (Fsp3) is 0.500. The number of hydrogen-bond donors (Lipinski definition) is 1. The standard InChI is InChI=1S/C18H24N4O3/c1-3-19-18(23)22-11-5-4-6-15(22)17-20-16(25-21-17)12-24-14-9-7-13(2)8-10-14/h7-10,15H,3-6,11-12H2,1-2H3,(H,19,23)/t15-/m0/s1. The average molecular weight is 344 g/mol. The Morgan fingerprint density at radius 3 is 2.92 bits per heavy atom. The molecule has 1 aliphatic heterocycles. The zero-order valence-electron chi connectivity index (χ0n) is 14.7. The van der Waals surface area contributed by atoms with Gasteiger partial charge in [0.05, 0.1) is 6.04 Å². The SMILES string of the molecule is CCNC(=O)N1CCCC[C@H]1c1noc(COc2ccc(C)cc2)n1. The molecule has 2 amide bonds. The van der Waals surface area contributed by atoms with Crippen LogP contribution in [-0.4, -0.2) is 34.2 Å². The van der Waals surface area contributed by atoms with Gasteiger partial charge in [-0.25, -0.2) is 4.79 Å². The maximum absolute atomic E-state index is 12.2. The molecule has 0 saturated carbocycles. The van der Waals surface area contributed by atoms with Crippen LogP contribution in [0.15, 0.2) is 28.8 Å².